The van der Waals surface area contributed by atoms with E-state index in [-0.39, 0.29) is 11.7 Å². The van der Waals surface area contributed by atoms with Crippen LogP contribution >= 0.6 is 11.8 Å². The van der Waals surface area contributed by atoms with Gasteiger partial charge in [0, 0.05) is 23.9 Å². The van der Waals surface area contributed by atoms with Crippen molar-refractivity contribution in [3.8, 4) is 5.69 Å². The van der Waals surface area contributed by atoms with E-state index in [9.17, 15) is 4.79 Å². The molecule has 7 heteroatoms. The second kappa shape index (κ2) is 8.89. The van der Waals surface area contributed by atoms with Crippen LogP contribution in [0.1, 0.15) is 5.82 Å². The van der Waals surface area contributed by atoms with Gasteiger partial charge in [0.1, 0.15) is 6.61 Å². The monoisotopic (exact) mass is 404 g/mol. The van der Waals surface area contributed by atoms with Crippen molar-refractivity contribution in [2.45, 2.75) is 11.8 Å². The van der Waals surface area contributed by atoms with Gasteiger partial charge in [-0.1, -0.05) is 66.4 Å². The Morgan fingerprint density at radius 3 is 2.59 bits per heavy atom. The summed E-state index contributed by atoms with van der Waals surface area (Å²) in [6.07, 6.45) is 0. The zero-order chi connectivity index (χ0) is 20.1. The van der Waals surface area contributed by atoms with Gasteiger partial charge in [0.05, 0.1) is 5.75 Å². The molecule has 0 atom stereocenters. The molecule has 146 valence electrons. The number of aromatic nitrogens is 3. The minimum Gasteiger partial charge on any atom is -0.377 e. The molecular weight excluding hydrogens is 384 g/mol. The van der Waals surface area contributed by atoms with Crippen LogP contribution in [0.4, 0.5) is 5.69 Å². The zero-order valence-corrected chi connectivity index (χ0v) is 16.7. The predicted octanol–water partition coefficient (Wildman–Crippen LogP) is 4.30. The Morgan fingerprint density at radius 2 is 1.76 bits per heavy atom. The van der Waals surface area contributed by atoms with E-state index in [1.165, 1.54) is 11.8 Å². The van der Waals surface area contributed by atoms with Gasteiger partial charge in [0.15, 0.2) is 11.0 Å². The van der Waals surface area contributed by atoms with Crippen molar-refractivity contribution in [1.82, 2.24) is 14.8 Å². The summed E-state index contributed by atoms with van der Waals surface area (Å²) in [5.41, 5.74) is 1.74. The Hall–Kier alpha value is -3.16. The van der Waals surface area contributed by atoms with Gasteiger partial charge in [-0.15, -0.1) is 10.2 Å². The van der Waals surface area contributed by atoms with E-state index in [1.54, 1.807) is 7.11 Å². The molecule has 0 aliphatic carbocycles. The standard InChI is InChI=1S/C22H20N4O2S/c1-28-14-20-24-25-22(26(20)17-10-3-2-4-11-17)29-15-21(27)23-19-13-7-9-16-8-5-6-12-18(16)19/h2-13H,14-15H2,1H3,(H,23,27). The summed E-state index contributed by atoms with van der Waals surface area (Å²) >= 11 is 1.34. The Bertz CT molecular complexity index is 1120. The molecule has 0 unspecified atom stereocenters. The van der Waals surface area contributed by atoms with Gasteiger partial charge >= 0.3 is 0 Å². The molecule has 0 radical (unpaired) electrons. The number of amides is 1. The van der Waals surface area contributed by atoms with Crippen LogP contribution in [0.25, 0.3) is 16.5 Å². The number of carbonyl (C=O) groups excluding carboxylic acids is 1. The number of nitrogens with zero attached hydrogens (tertiary/aromatic N) is 3. The lowest BCUT2D eigenvalue weighted by Crippen LogP contribution is -2.15. The highest BCUT2D eigenvalue weighted by molar-refractivity contribution is 7.99. The van der Waals surface area contributed by atoms with Crippen molar-refractivity contribution in [2.24, 2.45) is 0 Å². The molecule has 0 aliphatic heterocycles. The highest BCUT2D eigenvalue weighted by atomic mass is 32.2. The molecule has 1 amide bonds. The van der Waals surface area contributed by atoms with Gasteiger partial charge in [0.25, 0.3) is 0 Å². The number of hydrogen-bond donors (Lipinski definition) is 1. The van der Waals surface area contributed by atoms with Crippen LogP contribution < -0.4 is 5.32 Å². The minimum atomic E-state index is -0.0951. The molecular formula is C22H20N4O2S. The van der Waals surface area contributed by atoms with Crippen LogP contribution in [0.2, 0.25) is 0 Å². The summed E-state index contributed by atoms with van der Waals surface area (Å²) in [5.74, 6) is 0.819. The van der Waals surface area contributed by atoms with Crippen LogP contribution in [0, 0.1) is 0 Å². The first-order chi connectivity index (χ1) is 14.3. The van der Waals surface area contributed by atoms with Gasteiger partial charge in [0.2, 0.25) is 5.91 Å². The Kier molecular flexibility index (Phi) is 5.88. The van der Waals surface area contributed by atoms with Crippen LogP contribution in [0.5, 0.6) is 0 Å². The number of rotatable bonds is 7. The molecule has 29 heavy (non-hydrogen) atoms. The van der Waals surface area contributed by atoms with Crippen LogP contribution in [-0.2, 0) is 16.1 Å². The minimum absolute atomic E-state index is 0.0951. The second-order valence-electron chi connectivity index (χ2n) is 6.37. The molecule has 1 heterocycles. The van der Waals surface area contributed by atoms with Crippen molar-refractivity contribution in [1.29, 1.82) is 0 Å². The van der Waals surface area contributed by atoms with Crippen LogP contribution in [0.3, 0.4) is 0 Å². The second-order valence-corrected chi connectivity index (χ2v) is 7.31. The van der Waals surface area contributed by atoms with E-state index in [0.717, 1.165) is 22.1 Å². The Balaban J connectivity index is 1.51. The first-order valence-corrected chi connectivity index (χ1v) is 10.1. The fourth-order valence-corrected chi connectivity index (χ4v) is 3.87. The summed E-state index contributed by atoms with van der Waals surface area (Å²) in [6.45, 7) is 0.338. The average Bonchev–Trinajstić information content (AvgIpc) is 3.16. The van der Waals surface area contributed by atoms with Crippen molar-refractivity contribution < 1.29 is 9.53 Å². The Labute approximate surface area is 172 Å². The summed E-state index contributed by atoms with van der Waals surface area (Å²) in [4.78, 5) is 12.6. The molecule has 0 aliphatic rings. The maximum Gasteiger partial charge on any atom is 0.234 e. The first kappa shape index (κ1) is 19.2. The highest BCUT2D eigenvalue weighted by Gasteiger charge is 2.16. The molecule has 0 spiro atoms. The summed E-state index contributed by atoms with van der Waals surface area (Å²) in [7, 11) is 1.62. The number of hydrogen-bond acceptors (Lipinski definition) is 5. The van der Waals surface area contributed by atoms with Crippen molar-refractivity contribution in [3.63, 3.8) is 0 Å². The number of methoxy groups -OCH3 is 1. The topological polar surface area (TPSA) is 69.0 Å². The maximum atomic E-state index is 12.6. The Morgan fingerprint density at radius 1 is 1.00 bits per heavy atom. The molecule has 1 N–H and O–H groups in total. The average molecular weight is 404 g/mol. The quantitative estimate of drug-likeness (QED) is 0.465. The fraction of sp³-hybridized carbons (Fsp3) is 0.136. The van der Waals surface area contributed by atoms with Crippen LogP contribution in [-0.4, -0.2) is 33.5 Å². The lowest BCUT2D eigenvalue weighted by atomic mass is 10.1. The normalized spacial score (nSPS) is 10.9. The smallest absolute Gasteiger partial charge is 0.234 e. The fourth-order valence-electron chi connectivity index (χ4n) is 3.10. The van der Waals surface area contributed by atoms with Gasteiger partial charge in [-0.25, -0.2) is 0 Å². The number of ether oxygens (including phenoxy) is 1. The van der Waals surface area contributed by atoms with Gasteiger partial charge in [-0.2, -0.15) is 0 Å². The largest absolute Gasteiger partial charge is 0.377 e. The lowest BCUT2D eigenvalue weighted by Gasteiger charge is -2.10. The molecule has 3 aromatic carbocycles. The summed E-state index contributed by atoms with van der Waals surface area (Å²) in [6, 6.07) is 23.7. The van der Waals surface area contributed by atoms with Gasteiger partial charge in [-0.05, 0) is 23.6 Å². The summed E-state index contributed by atoms with van der Waals surface area (Å²) in [5, 5.41) is 14.2. The molecule has 6 nitrogen and oxygen atoms in total. The third kappa shape index (κ3) is 4.31. The number of nitrogens with one attached hydrogen (secondary N) is 1. The van der Waals surface area contributed by atoms with E-state index in [4.69, 9.17) is 4.74 Å². The van der Waals surface area contributed by atoms with E-state index in [1.807, 2.05) is 77.4 Å². The predicted molar refractivity (Wildman–Crippen MR) is 115 cm³/mol. The van der Waals surface area contributed by atoms with E-state index >= 15 is 0 Å². The molecule has 0 saturated heterocycles. The number of anilines is 1. The maximum absolute atomic E-state index is 12.6. The molecule has 0 bridgehead atoms. The highest BCUT2D eigenvalue weighted by Crippen LogP contribution is 2.25. The third-order valence-electron chi connectivity index (χ3n) is 4.38. The third-order valence-corrected chi connectivity index (χ3v) is 5.31. The number of para-hydroxylation sites is 1. The van der Waals surface area contributed by atoms with Crippen molar-refractivity contribution >= 4 is 34.1 Å². The first-order valence-electron chi connectivity index (χ1n) is 9.15. The van der Waals surface area contributed by atoms with E-state index < -0.39 is 0 Å². The van der Waals surface area contributed by atoms with Gasteiger partial charge in [-0.3, -0.25) is 9.36 Å². The van der Waals surface area contributed by atoms with Crippen molar-refractivity contribution in [2.75, 3.05) is 18.2 Å². The number of thioether (sulfide) groups is 1. The van der Waals surface area contributed by atoms with Crippen molar-refractivity contribution in [3.05, 3.63) is 78.6 Å². The number of fused-ring (bicyclic) bond motifs is 1. The zero-order valence-electron chi connectivity index (χ0n) is 15.9. The molecule has 1 aromatic heterocycles. The van der Waals surface area contributed by atoms with Crippen LogP contribution in [0.15, 0.2) is 78.0 Å². The van der Waals surface area contributed by atoms with E-state index in [2.05, 4.69) is 15.5 Å². The molecule has 4 rings (SSSR count). The molecule has 0 fully saturated rings. The molecule has 4 aromatic rings. The number of benzene rings is 3. The summed E-state index contributed by atoms with van der Waals surface area (Å²) < 4.78 is 7.15. The lowest BCUT2D eigenvalue weighted by molar-refractivity contribution is -0.113. The SMILES string of the molecule is COCc1nnc(SCC(=O)Nc2cccc3ccccc23)n1-c1ccccc1. The van der Waals surface area contributed by atoms with Gasteiger partial charge < -0.3 is 10.1 Å². The number of carbonyl (C=O) groups is 1. The molecule has 0 saturated carbocycles. The van der Waals surface area contributed by atoms with E-state index in [0.29, 0.717) is 17.6 Å².